The van der Waals surface area contributed by atoms with Gasteiger partial charge in [-0.1, -0.05) is 43.2 Å². The average molecular weight is 383 g/mol. The van der Waals surface area contributed by atoms with Gasteiger partial charge in [-0.05, 0) is 49.1 Å². The predicted molar refractivity (Wildman–Crippen MR) is 107 cm³/mol. The zero-order valence-corrected chi connectivity index (χ0v) is 15.8. The highest BCUT2D eigenvalue weighted by Crippen LogP contribution is 2.19. The molecule has 3 N–H and O–H groups in total. The molecule has 28 heavy (non-hydrogen) atoms. The van der Waals surface area contributed by atoms with Gasteiger partial charge in [0.2, 0.25) is 0 Å². The van der Waals surface area contributed by atoms with Crippen LogP contribution >= 0.6 is 0 Å². The monoisotopic (exact) mass is 383 g/mol. The van der Waals surface area contributed by atoms with Gasteiger partial charge in [0.05, 0.1) is 6.04 Å². The fourth-order valence-electron chi connectivity index (χ4n) is 3.51. The maximum Gasteiger partial charge on any atom is 0.315 e. The number of amides is 3. The lowest BCUT2D eigenvalue weighted by atomic mass is 9.90. The molecule has 0 spiro atoms. The number of nitrogens with one attached hydrogen (secondary N) is 3. The molecule has 2 unspecified atom stereocenters. The van der Waals surface area contributed by atoms with Crippen LogP contribution in [0.5, 0.6) is 0 Å². The maximum absolute atomic E-state index is 13.0. The summed E-state index contributed by atoms with van der Waals surface area (Å²) in [6.45, 7) is 0.551. The van der Waals surface area contributed by atoms with Gasteiger partial charge < -0.3 is 16.0 Å². The van der Waals surface area contributed by atoms with Gasteiger partial charge in [-0.2, -0.15) is 0 Å². The summed E-state index contributed by atoms with van der Waals surface area (Å²) in [5, 5.41) is 8.87. The highest BCUT2D eigenvalue weighted by molar-refractivity contribution is 5.94. The first-order valence-corrected chi connectivity index (χ1v) is 9.76. The molecule has 3 rings (SSSR count). The SMILES string of the molecule is O=C(NCCc1ccccc1)NC1CCCCC1NC(=O)c1ccc(F)cc1. The molecule has 0 heterocycles. The Bertz CT molecular complexity index is 780. The van der Waals surface area contributed by atoms with Gasteiger partial charge in [-0.15, -0.1) is 0 Å². The Balaban J connectivity index is 1.49. The Morgan fingerprint density at radius 2 is 1.54 bits per heavy atom. The lowest BCUT2D eigenvalue weighted by molar-refractivity contribution is 0.0916. The molecule has 1 fully saturated rings. The fraction of sp³-hybridized carbons (Fsp3) is 0.364. The van der Waals surface area contributed by atoms with E-state index in [1.807, 2.05) is 30.3 Å². The lowest BCUT2D eigenvalue weighted by Crippen LogP contribution is -2.55. The Hall–Kier alpha value is -2.89. The van der Waals surface area contributed by atoms with Crippen molar-refractivity contribution in [1.82, 2.24) is 16.0 Å². The number of carbonyl (C=O) groups is 2. The average Bonchev–Trinajstić information content (AvgIpc) is 2.71. The van der Waals surface area contributed by atoms with Gasteiger partial charge in [0.15, 0.2) is 0 Å². The third-order valence-electron chi connectivity index (χ3n) is 5.05. The van der Waals surface area contributed by atoms with Crippen LogP contribution in [0.2, 0.25) is 0 Å². The summed E-state index contributed by atoms with van der Waals surface area (Å²) in [5.74, 6) is -0.621. The van der Waals surface area contributed by atoms with Crippen molar-refractivity contribution in [3.63, 3.8) is 0 Å². The van der Waals surface area contributed by atoms with Crippen molar-refractivity contribution >= 4 is 11.9 Å². The van der Waals surface area contributed by atoms with E-state index in [2.05, 4.69) is 16.0 Å². The molecule has 2 aromatic carbocycles. The molecule has 0 saturated heterocycles. The van der Waals surface area contributed by atoms with Gasteiger partial charge in [-0.3, -0.25) is 4.79 Å². The second-order valence-electron chi connectivity index (χ2n) is 7.11. The van der Waals surface area contributed by atoms with Crippen LogP contribution in [0.3, 0.4) is 0 Å². The van der Waals surface area contributed by atoms with Gasteiger partial charge in [0.1, 0.15) is 5.82 Å². The number of hydrogen-bond acceptors (Lipinski definition) is 2. The van der Waals surface area contributed by atoms with E-state index in [9.17, 15) is 14.0 Å². The molecule has 0 aromatic heterocycles. The third-order valence-corrected chi connectivity index (χ3v) is 5.05. The number of urea groups is 1. The summed E-state index contributed by atoms with van der Waals surface area (Å²) in [4.78, 5) is 24.7. The van der Waals surface area contributed by atoms with E-state index in [0.717, 1.165) is 32.1 Å². The normalized spacial score (nSPS) is 18.9. The van der Waals surface area contributed by atoms with Crippen molar-refractivity contribution in [2.24, 2.45) is 0 Å². The Labute approximate surface area is 164 Å². The van der Waals surface area contributed by atoms with E-state index in [1.165, 1.54) is 29.8 Å². The van der Waals surface area contributed by atoms with Crippen LogP contribution < -0.4 is 16.0 Å². The van der Waals surface area contributed by atoms with Gasteiger partial charge in [0.25, 0.3) is 5.91 Å². The number of rotatable bonds is 6. The minimum Gasteiger partial charge on any atom is -0.347 e. The first-order valence-electron chi connectivity index (χ1n) is 9.76. The van der Waals surface area contributed by atoms with Crippen LogP contribution in [0.1, 0.15) is 41.6 Å². The van der Waals surface area contributed by atoms with E-state index in [1.54, 1.807) is 0 Å². The molecule has 0 radical (unpaired) electrons. The van der Waals surface area contributed by atoms with Crippen molar-refractivity contribution in [3.8, 4) is 0 Å². The summed E-state index contributed by atoms with van der Waals surface area (Å²) in [7, 11) is 0. The summed E-state index contributed by atoms with van der Waals surface area (Å²) in [6.07, 6.45) is 4.41. The highest BCUT2D eigenvalue weighted by atomic mass is 19.1. The smallest absolute Gasteiger partial charge is 0.315 e. The molecule has 2 aromatic rings. The molecule has 2 atom stereocenters. The quantitative estimate of drug-likeness (QED) is 0.715. The Kier molecular flexibility index (Phi) is 7.00. The minimum atomic E-state index is -0.374. The van der Waals surface area contributed by atoms with Crippen LogP contribution in [-0.2, 0) is 6.42 Å². The zero-order chi connectivity index (χ0) is 19.8. The molecule has 0 bridgehead atoms. The van der Waals surface area contributed by atoms with Gasteiger partial charge in [-0.25, -0.2) is 9.18 Å². The second kappa shape index (κ2) is 9.88. The van der Waals surface area contributed by atoms with Crippen LogP contribution in [0.4, 0.5) is 9.18 Å². The standard InChI is InChI=1S/C22H26FN3O2/c23-18-12-10-17(11-13-18)21(27)25-19-8-4-5-9-20(19)26-22(28)24-15-14-16-6-2-1-3-7-16/h1-3,6-7,10-13,19-20H,4-5,8-9,14-15H2,(H,25,27)(H2,24,26,28). The fourth-order valence-corrected chi connectivity index (χ4v) is 3.51. The molecule has 5 nitrogen and oxygen atoms in total. The highest BCUT2D eigenvalue weighted by Gasteiger charge is 2.28. The van der Waals surface area contributed by atoms with Crippen LogP contribution in [0.15, 0.2) is 54.6 Å². The predicted octanol–water partition coefficient (Wildman–Crippen LogP) is 3.41. The molecule has 3 amide bonds. The van der Waals surface area contributed by atoms with Crippen molar-refractivity contribution < 1.29 is 14.0 Å². The van der Waals surface area contributed by atoms with E-state index in [-0.39, 0.29) is 29.8 Å². The summed E-state index contributed by atoms with van der Waals surface area (Å²) in [6, 6.07) is 15.0. The second-order valence-corrected chi connectivity index (χ2v) is 7.11. The van der Waals surface area contributed by atoms with Gasteiger partial charge >= 0.3 is 6.03 Å². The van der Waals surface area contributed by atoms with Crippen molar-refractivity contribution in [3.05, 3.63) is 71.5 Å². The number of benzene rings is 2. The topological polar surface area (TPSA) is 70.2 Å². The first kappa shape index (κ1) is 19.9. The molecule has 1 saturated carbocycles. The Morgan fingerprint density at radius 1 is 0.893 bits per heavy atom. The molecule has 1 aliphatic rings. The maximum atomic E-state index is 13.0. The van der Waals surface area contributed by atoms with E-state index in [4.69, 9.17) is 0 Å². The van der Waals surface area contributed by atoms with E-state index < -0.39 is 0 Å². The molecular weight excluding hydrogens is 357 g/mol. The van der Waals surface area contributed by atoms with Crippen LogP contribution in [0.25, 0.3) is 0 Å². The van der Waals surface area contributed by atoms with E-state index >= 15 is 0 Å². The summed E-state index contributed by atoms with van der Waals surface area (Å²) < 4.78 is 13.0. The van der Waals surface area contributed by atoms with Crippen molar-refractivity contribution in [1.29, 1.82) is 0 Å². The molecule has 148 valence electrons. The lowest BCUT2D eigenvalue weighted by Gasteiger charge is -2.32. The van der Waals surface area contributed by atoms with Crippen LogP contribution in [0, 0.1) is 5.82 Å². The number of halogens is 1. The van der Waals surface area contributed by atoms with Crippen LogP contribution in [-0.4, -0.2) is 30.6 Å². The summed E-state index contributed by atoms with van der Waals surface area (Å²) in [5.41, 5.74) is 1.59. The van der Waals surface area contributed by atoms with Crippen molar-refractivity contribution in [2.75, 3.05) is 6.54 Å². The zero-order valence-electron chi connectivity index (χ0n) is 15.8. The first-order chi connectivity index (χ1) is 13.6. The summed E-state index contributed by atoms with van der Waals surface area (Å²) >= 11 is 0. The third kappa shape index (κ3) is 5.81. The minimum absolute atomic E-state index is 0.116. The van der Waals surface area contributed by atoms with Crippen molar-refractivity contribution in [2.45, 2.75) is 44.2 Å². The largest absolute Gasteiger partial charge is 0.347 e. The molecule has 1 aliphatic carbocycles. The molecule has 0 aliphatic heterocycles. The number of hydrogen-bond donors (Lipinski definition) is 3. The Morgan fingerprint density at radius 3 is 2.21 bits per heavy atom. The molecule has 6 heteroatoms. The number of carbonyl (C=O) groups excluding carboxylic acids is 2. The molecular formula is C22H26FN3O2. The van der Waals surface area contributed by atoms with E-state index in [0.29, 0.717) is 12.1 Å². The van der Waals surface area contributed by atoms with Gasteiger partial charge in [0, 0.05) is 18.2 Å².